The van der Waals surface area contributed by atoms with Crippen molar-refractivity contribution in [2.45, 2.75) is 26.4 Å². The molecular weight excluding hydrogens is 214 g/mol. The minimum atomic E-state index is 0.215. The van der Waals surface area contributed by atoms with E-state index >= 15 is 0 Å². The van der Waals surface area contributed by atoms with E-state index in [1.54, 1.807) is 0 Å². The van der Waals surface area contributed by atoms with Crippen LogP contribution in [-0.4, -0.2) is 42.4 Å². The average molecular weight is 235 g/mol. The molecule has 0 amide bonds. The van der Waals surface area contributed by atoms with Gasteiger partial charge in [0.05, 0.1) is 6.61 Å². The van der Waals surface area contributed by atoms with Crippen molar-refractivity contribution < 1.29 is 9.84 Å². The Balaban J connectivity index is 1.95. The Morgan fingerprint density at radius 3 is 3.00 bits per heavy atom. The number of rotatable bonds is 5. The molecule has 2 rings (SSSR count). The number of likely N-dealkylation sites (N-methyl/N-ethyl adjacent to an activating group) is 1. The van der Waals surface area contributed by atoms with Crippen molar-refractivity contribution >= 4 is 0 Å². The quantitative estimate of drug-likeness (QED) is 0.841. The lowest BCUT2D eigenvalue weighted by atomic mass is 10.1. The van der Waals surface area contributed by atoms with Crippen molar-refractivity contribution in [2.24, 2.45) is 0 Å². The monoisotopic (exact) mass is 235 g/mol. The molecule has 0 bridgehead atoms. The molecule has 17 heavy (non-hydrogen) atoms. The lowest BCUT2D eigenvalue weighted by Crippen LogP contribution is -2.36. The standard InChI is InChI=1S/C14H21NO2/c1-3-15(6-7-16)10-13-9-12-8-11(2)4-5-14(12)17-13/h4-5,8,13,16H,3,6-7,9-10H2,1-2H3. The summed E-state index contributed by atoms with van der Waals surface area (Å²) in [5.41, 5.74) is 2.60. The van der Waals surface area contributed by atoms with Crippen molar-refractivity contribution in [3.63, 3.8) is 0 Å². The second kappa shape index (κ2) is 5.52. The van der Waals surface area contributed by atoms with E-state index < -0.39 is 0 Å². The summed E-state index contributed by atoms with van der Waals surface area (Å²) in [5.74, 6) is 1.03. The zero-order chi connectivity index (χ0) is 12.3. The van der Waals surface area contributed by atoms with Gasteiger partial charge in [-0.25, -0.2) is 0 Å². The molecule has 0 spiro atoms. The van der Waals surface area contributed by atoms with Crippen LogP contribution in [0.4, 0.5) is 0 Å². The van der Waals surface area contributed by atoms with Crippen molar-refractivity contribution in [3.8, 4) is 5.75 Å². The largest absolute Gasteiger partial charge is 0.488 e. The normalized spacial score (nSPS) is 18.2. The van der Waals surface area contributed by atoms with Gasteiger partial charge in [0.15, 0.2) is 0 Å². The number of aliphatic hydroxyl groups excluding tert-OH is 1. The summed E-state index contributed by atoms with van der Waals surface area (Å²) in [6.07, 6.45) is 1.22. The third-order valence-electron chi connectivity index (χ3n) is 3.28. The molecule has 0 radical (unpaired) electrons. The summed E-state index contributed by atoms with van der Waals surface area (Å²) in [4.78, 5) is 2.23. The maximum atomic E-state index is 8.97. The first-order chi connectivity index (χ1) is 8.22. The van der Waals surface area contributed by atoms with E-state index in [0.717, 1.165) is 31.8 Å². The fraction of sp³-hybridized carbons (Fsp3) is 0.571. The molecular formula is C14H21NO2. The molecule has 3 nitrogen and oxygen atoms in total. The SMILES string of the molecule is CCN(CCO)CC1Cc2cc(C)ccc2O1. The molecule has 3 heteroatoms. The van der Waals surface area contributed by atoms with Crippen LogP contribution in [0.1, 0.15) is 18.1 Å². The summed E-state index contributed by atoms with van der Waals surface area (Å²) in [7, 11) is 0. The van der Waals surface area contributed by atoms with Gasteiger partial charge in [-0.3, -0.25) is 4.90 Å². The van der Waals surface area contributed by atoms with E-state index in [1.165, 1.54) is 11.1 Å². The fourth-order valence-electron chi connectivity index (χ4n) is 2.36. The molecule has 1 N–H and O–H groups in total. The zero-order valence-electron chi connectivity index (χ0n) is 10.6. The predicted molar refractivity (Wildman–Crippen MR) is 68.5 cm³/mol. The summed E-state index contributed by atoms with van der Waals surface area (Å²) >= 11 is 0. The van der Waals surface area contributed by atoms with E-state index in [9.17, 15) is 0 Å². The molecule has 1 atom stereocenters. The Kier molecular flexibility index (Phi) is 4.02. The fourth-order valence-corrected chi connectivity index (χ4v) is 2.36. The zero-order valence-corrected chi connectivity index (χ0v) is 10.6. The molecule has 0 aliphatic carbocycles. The van der Waals surface area contributed by atoms with Gasteiger partial charge < -0.3 is 9.84 Å². The van der Waals surface area contributed by atoms with Crippen LogP contribution in [0.3, 0.4) is 0 Å². The topological polar surface area (TPSA) is 32.7 Å². The van der Waals surface area contributed by atoms with Gasteiger partial charge in [0.2, 0.25) is 0 Å². The highest BCUT2D eigenvalue weighted by Gasteiger charge is 2.24. The Bertz CT molecular complexity index is 378. The number of fused-ring (bicyclic) bond motifs is 1. The number of hydrogen-bond acceptors (Lipinski definition) is 3. The second-order valence-electron chi connectivity index (χ2n) is 4.67. The van der Waals surface area contributed by atoms with Crippen LogP contribution in [0.15, 0.2) is 18.2 Å². The molecule has 1 aliphatic rings. The summed E-state index contributed by atoms with van der Waals surface area (Å²) in [6, 6.07) is 6.36. The van der Waals surface area contributed by atoms with Gasteiger partial charge in [-0.05, 0) is 25.1 Å². The first kappa shape index (κ1) is 12.4. The smallest absolute Gasteiger partial charge is 0.123 e. The van der Waals surface area contributed by atoms with Crippen molar-refractivity contribution in [3.05, 3.63) is 29.3 Å². The number of aliphatic hydroxyl groups is 1. The van der Waals surface area contributed by atoms with E-state index in [1.807, 2.05) is 0 Å². The van der Waals surface area contributed by atoms with E-state index in [0.29, 0.717) is 0 Å². The Morgan fingerprint density at radius 2 is 2.29 bits per heavy atom. The third kappa shape index (κ3) is 2.99. The van der Waals surface area contributed by atoms with E-state index in [4.69, 9.17) is 9.84 Å². The molecule has 0 saturated heterocycles. The van der Waals surface area contributed by atoms with Gasteiger partial charge in [0.1, 0.15) is 11.9 Å². The van der Waals surface area contributed by atoms with Gasteiger partial charge in [0, 0.05) is 19.5 Å². The van der Waals surface area contributed by atoms with E-state index in [2.05, 4.69) is 36.9 Å². The number of ether oxygens (including phenoxy) is 1. The highest BCUT2D eigenvalue weighted by Crippen LogP contribution is 2.29. The maximum absolute atomic E-state index is 8.97. The minimum Gasteiger partial charge on any atom is -0.488 e. The molecule has 0 aromatic heterocycles. The molecule has 1 aromatic carbocycles. The van der Waals surface area contributed by atoms with Crippen LogP contribution in [0.5, 0.6) is 5.75 Å². The van der Waals surface area contributed by atoms with Crippen LogP contribution in [-0.2, 0) is 6.42 Å². The molecule has 1 heterocycles. The van der Waals surface area contributed by atoms with Gasteiger partial charge in [-0.1, -0.05) is 24.6 Å². The van der Waals surface area contributed by atoms with Gasteiger partial charge in [-0.2, -0.15) is 0 Å². The number of hydrogen-bond donors (Lipinski definition) is 1. The van der Waals surface area contributed by atoms with Gasteiger partial charge in [-0.15, -0.1) is 0 Å². The van der Waals surface area contributed by atoms with Crippen LogP contribution in [0.25, 0.3) is 0 Å². The van der Waals surface area contributed by atoms with Crippen LogP contribution in [0, 0.1) is 6.92 Å². The summed E-state index contributed by atoms with van der Waals surface area (Å²) in [5, 5.41) is 8.97. The lowest BCUT2D eigenvalue weighted by molar-refractivity contribution is 0.134. The second-order valence-corrected chi connectivity index (χ2v) is 4.67. The number of benzene rings is 1. The number of aryl methyl sites for hydroxylation is 1. The van der Waals surface area contributed by atoms with E-state index in [-0.39, 0.29) is 12.7 Å². The average Bonchev–Trinajstić information content (AvgIpc) is 2.69. The predicted octanol–water partition coefficient (Wildman–Crippen LogP) is 1.61. The molecule has 1 unspecified atom stereocenters. The highest BCUT2D eigenvalue weighted by atomic mass is 16.5. The van der Waals surface area contributed by atoms with Crippen molar-refractivity contribution in [1.82, 2.24) is 4.90 Å². The lowest BCUT2D eigenvalue weighted by Gasteiger charge is -2.22. The van der Waals surface area contributed by atoms with Crippen molar-refractivity contribution in [2.75, 3.05) is 26.2 Å². The first-order valence-corrected chi connectivity index (χ1v) is 6.32. The number of nitrogens with zero attached hydrogens (tertiary/aromatic N) is 1. The summed E-state index contributed by atoms with van der Waals surface area (Å²) < 4.78 is 5.92. The summed E-state index contributed by atoms with van der Waals surface area (Å²) in [6.45, 7) is 7.01. The molecule has 1 aromatic rings. The minimum absolute atomic E-state index is 0.215. The van der Waals surface area contributed by atoms with Crippen LogP contribution < -0.4 is 4.74 Å². The first-order valence-electron chi connectivity index (χ1n) is 6.32. The van der Waals surface area contributed by atoms with Crippen molar-refractivity contribution in [1.29, 1.82) is 0 Å². The molecule has 0 saturated carbocycles. The molecule has 94 valence electrons. The third-order valence-corrected chi connectivity index (χ3v) is 3.28. The molecule has 0 fully saturated rings. The maximum Gasteiger partial charge on any atom is 0.123 e. The van der Waals surface area contributed by atoms with Gasteiger partial charge in [0.25, 0.3) is 0 Å². The van der Waals surface area contributed by atoms with Crippen LogP contribution in [0.2, 0.25) is 0 Å². The van der Waals surface area contributed by atoms with Crippen LogP contribution >= 0.6 is 0 Å². The molecule has 1 aliphatic heterocycles. The Hall–Kier alpha value is -1.06. The Morgan fingerprint density at radius 1 is 1.47 bits per heavy atom. The van der Waals surface area contributed by atoms with Gasteiger partial charge >= 0.3 is 0 Å². The highest BCUT2D eigenvalue weighted by molar-refractivity contribution is 5.40. The Labute approximate surface area is 103 Å².